The quantitative estimate of drug-likeness (QED) is 0.490. The van der Waals surface area contributed by atoms with E-state index in [9.17, 15) is 4.79 Å². The maximum absolute atomic E-state index is 13.3. The number of halogens is 1. The molecule has 5 rings (SSSR count). The van der Waals surface area contributed by atoms with E-state index in [0.717, 1.165) is 77.6 Å². The SMILES string of the molecule is C=C(CC(C)C1CC1)C(=C)N1CCN(C(=O)c2ccc3c(Cl)c4c(nc3c2)CCCC4)CC1. The largest absolute Gasteiger partial charge is 0.368 e. The van der Waals surface area contributed by atoms with E-state index in [2.05, 4.69) is 25.0 Å². The Morgan fingerprint density at radius 3 is 2.55 bits per heavy atom. The number of carbonyl (C=O) groups is 1. The highest BCUT2D eigenvalue weighted by molar-refractivity contribution is 6.36. The topological polar surface area (TPSA) is 36.4 Å². The molecule has 0 radical (unpaired) electrons. The number of aryl methyl sites for hydroxylation is 1. The summed E-state index contributed by atoms with van der Waals surface area (Å²) in [5.41, 5.74) is 6.01. The van der Waals surface area contributed by atoms with E-state index in [1.54, 1.807) is 0 Å². The van der Waals surface area contributed by atoms with Gasteiger partial charge in [-0.05, 0) is 80.1 Å². The Bertz CT molecular complexity index is 1110. The van der Waals surface area contributed by atoms with Gasteiger partial charge in [0, 0.05) is 48.5 Å². The lowest BCUT2D eigenvalue weighted by molar-refractivity contribution is 0.0671. The van der Waals surface area contributed by atoms with E-state index >= 15 is 0 Å². The van der Waals surface area contributed by atoms with Crippen LogP contribution in [0.3, 0.4) is 0 Å². The van der Waals surface area contributed by atoms with Crippen molar-refractivity contribution in [2.24, 2.45) is 11.8 Å². The standard InChI is InChI=1S/C28H34ClN3O/c1-18(16-19(2)21-8-9-21)20(3)31-12-14-32(15-13-31)28(33)22-10-11-24-26(17-22)30-25-7-5-4-6-23(25)27(24)29/h10-11,17,19,21H,1,3-9,12-16H2,2H3. The zero-order valence-electron chi connectivity index (χ0n) is 19.7. The third-order valence-electron chi connectivity index (χ3n) is 7.79. The first-order valence-corrected chi connectivity index (χ1v) is 12.8. The minimum absolute atomic E-state index is 0.0685. The van der Waals surface area contributed by atoms with Crippen LogP contribution in [0.5, 0.6) is 0 Å². The molecule has 2 heterocycles. The number of fused-ring (bicyclic) bond motifs is 2. The van der Waals surface area contributed by atoms with Crippen molar-refractivity contribution in [3.05, 3.63) is 64.5 Å². The predicted molar refractivity (Wildman–Crippen MR) is 136 cm³/mol. The summed E-state index contributed by atoms with van der Waals surface area (Å²) in [6.45, 7) is 13.9. The summed E-state index contributed by atoms with van der Waals surface area (Å²) in [6.07, 6.45) is 8.04. The zero-order chi connectivity index (χ0) is 23.1. The summed E-state index contributed by atoms with van der Waals surface area (Å²) in [6, 6.07) is 5.79. The van der Waals surface area contributed by atoms with Gasteiger partial charge in [-0.25, -0.2) is 0 Å². The molecule has 2 aliphatic carbocycles. The van der Waals surface area contributed by atoms with Gasteiger partial charge in [0.15, 0.2) is 0 Å². The smallest absolute Gasteiger partial charge is 0.254 e. The number of hydrogen-bond donors (Lipinski definition) is 0. The van der Waals surface area contributed by atoms with Gasteiger partial charge in [0.1, 0.15) is 0 Å². The predicted octanol–water partition coefficient (Wildman–Crippen LogP) is 6.03. The number of aromatic nitrogens is 1. The molecule has 4 nitrogen and oxygen atoms in total. The Labute approximate surface area is 202 Å². The molecule has 1 aromatic heterocycles. The lowest BCUT2D eigenvalue weighted by Crippen LogP contribution is -2.48. The molecule has 1 saturated heterocycles. The summed E-state index contributed by atoms with van der Waals surface area (Å²) in [5.74, 6) is 1.64. The third-order valence-corrected chi connectivity index (χ3v) is 8.22. The molecular weight excluding hydrogens is 430 g/mol. The first-order valence-electron chi connectivity index (χ1n) is 12.4. The van der Waals surface area contributed by atoms with E-state index in [0.29, 0.717) is 24.6 Å². The van der Waals surface area contributed by atoms with Crippen LogP contribution in [0.1, 0.15) is 60.6 Å². The van der Waals surface area contributed by atoms with Crippen LogP contribution in [0.15, 0.2) is 42.6 Å². The molecule has 1 amide bonds. The van der Waals surface area contributed by atoms with Gasteiger partial charge in [-0.2, -0.15) is 0 Å². The van der Waals surface area contributed by atoms with E-state index < -0.39 is 0 Å². The molecule has 174 valence electrons. The zero-order valence-corrected chi connectivity index (χ0v) is 20.5. The fourth-order valence-corrected chi connectivity index (χ4v) is 5.79. The average molecular weight is 464 g/mol. The monoisotopic (exact) mass is 463 g/mol. The molecule has 0 spiro atoms. The van der Waals surface area contributed by atoms with Crippen molar-refractivity contribution in [1.29, 1.82) is 0 Å². The Morgan fingerprint density at radius 1 is 1.12 bits per heavy atom. The van der Waals surface area contributed by atoms with Gasteiger partial charge < -0.3 is 9.80 Å². The van der Waals surface area contributed by atoms with Crippen molar-refractivity contribution >= 4 is 28.4 Å². The maximum Gasteiger partial charge on any atom is 0.254 e. The number of carbonyl (C=O) groups excluding carboxylic acids is 1. The van der Waals surface area contributed by atoms with Crippen LogP contribution in [0.2, 0.25) is 5.02 Å². The second-order valence-electron chi connectivity index (χ2n) is 10.1. The summed E-state index contributed by atoms with van der Waals surface area (Å²) in [7, 11) is 0. The van der Waals surface area contributed by atoms with Gasteiger partial charge in [-0.3, -0.25) is 9.78 Å². The van der Waals surface area contributed by atoms with Gasteiger partial charge in [0.2, 0.25) is 0 Å². The number of nitrogens with zero attached hydrogens (tertiary/aromatic N) is 3. The van der Waals surface area contributed by atoms with E-state index in [-0.39, 0.29) is 5.91 Å². The van der Waals surface area contributed by atoms with Crippen LogP contribution in [0.25, 0.3) is 10.9 Å². The molecule has 1 saturated carbocycles. The second kappa shape index (κ2) is 9.13. The highest BCUT2D eigenvalue weighted by atomic mass is 35.5. The van der Waals surface area contributed by atoms with E-state index in [1.165, 1.54) is 24.8 Å². The van der Waals surface area contributed by atoms with Crippen molar-refractivity contribution < 1.29 is 4.79 Å². The molecule has 1 aliphatic heterocycles. The molecule has 33 heavy (non-hydrogen) atoms. The Morgan fingerprint density at radius 2 is 1.82 bits per heavy atom. The van der Waals surface area contributed by atoms with Crippen molar-refractivity contribution in [3.8, 4) is 0 Å². The number of pyridine rings is 1. The molecule has 5 heteroatoms. The van der Waals surface area contributed by atoms with Crippen LogP contribution in [0.4, 0.5) is 0 Å². The second-order valence-corrected chi connectivity index (χ2v) is 10.5. The number of allylic oxidation sites excluding steroid dienone is 1. The molecule has 2 fully saturated rings. The van der Waals surface area contributed by atoms with Gasteiger partial charge >= 0.3 is 0 Å². The summed E-state index contributed by atoms with van der Waals surface area (Å²) in [4.78, 5) is 22.4. The minimum Gasteiger partial charge on any atom is -0.368 e. The van der Waals surface area contributed by atoms with Crippen LogP contribution < -0.4 is 0 Å². The van der Waals surface area contributed by atoms with Crippen molar-refractivity contribution in [2.75, 3.05) is 26.2 Å². The molecule has 1 aromatic carbocycles. The lowest BCUT2D eigenvalue weighted by atomic mass is 9.94. The number of piperazine rings is 1. The van der Waals surface area contributed by atoms with Crippen molar-refractivity contribution in [1.82, 2.24) is 14.8 Å². The summed E-state index contributed by atoms with van der Waals surface area (Å²) < 4.78 is 0. The normalized spacial score (nSPS) is 19.3. The Hall–Kier alpha value is -2.33. The molecule has 0 N–H and O–H groups in total. The fraction of sp³-hybridized carbons (Fsp3) is 0.500. The fourth-order valence-electron chi connectivity index (χ4n) is 5.42. The van der Waals surface area contributed by atoms with Crippen LogP contribution in [0, 0.1) is 11.8 Å². The van der Waals surface area contributed by atoms with Gasteiger partial charge in [-0.15, -0.1) is 0 Å². The number of benzene rings is 1. The summed E-state index contributed by atoms with van der Waals surface area (Å²) in [5, 5.41) is 1.77. The van der Waals surface area contributed by atoms with Gasteiger partial charge in [0.05, 0.1) is 10.5 Å². The molecule has 1 atom stereocenters. The summed E-state index contributed by atoms with van der Waals surface area (Å²) >= 11 is 6.71. The Balaban J connectivity index is 1.24. The van der Waals surface area contributed by atoms with E-state index in [4.69, 9.17) is 16.6 Å². The lowest BCUT2D eigenvalue weighted by Gasteiger charge is -2.38. The minimum atomic E-state index is 0.0685. The molecule has 2 aromatic rings. The Kier molecular flexibility index (Phi) is 6.22. The van der Waals surface area contributed by atoms with Crippen LogP contribution in [-0.4, -0.2) is 46.9 Å². The van der Waals surface area contributed by atoms with Crippen LogP contribution in [-0.2, 0) is 12.8 Å². The molecule has 3 aliphatic rings. The van der Waals surface area contributed by atoms with E-state index in [1.807, 2.05) is 23.1 Å². The third kappa shape index (κ3) is 4.55. The molecule has 0 bridgehead atoms. The number of hydrogen-bond acceptors (Lipinski definition) is 3. The highest BCUT2D eigenvalue weighted by Gasteiger charge is 2.29. The number of rotatable bonds is 6. The maximum atomic E-state index is 13.3. The van der Waals surface area contributed by atoms with Crippen molar-refractivity contribution in [2.45, 2.75) is 51.9 Å². The van der Waals surface area contributed by atoms with Crippen LogP contribution >= 0.6 is 11.6 Å². The first kappa shape index (κ1) is 22.5. The highest BCUT2D eigenvalue weighted by Crippen LogP contribution is 2.40. The van der Waals surface area contributed by atoms with Crippen molar-refractivity contribution in [3.63, 3.8) is 0 Å². The molecular formula is C28H34ClN3O. The van der Waals surface area contributed by atoms with Gasteiger partial charge in [0.25, 0.3) is 5.91 Å². The van der Waals surface area contributed by atoms with Gasteiger partial charge in [-0.1, -0.05) is 37.7 Å². The number of amides is 1. The first-order chi connectivity index (χ1) is 15.9. The average Bonchev–Trinajstić information content (AvgIpc) is 3.69. The molecule has 1 unspecified atom stereocenters.